The van der Waals surface area contributed by atoms with Crippen LogP contribution in [0.25, 0.3) is 0 Å². The molecule has 0 aromatic heterocycles. The van der Waals surface area contributed by atoms with Crippen molar-refractivity contribution in [2.24, 2.45) is 4.99 Å². The molecule has 0 bridgehead atoms. The van der Waals surface area contributed by atoms with Crippen molar-refractivity contribution in [3.63, 3.8) is 0 Å². The summed E-state index contributed by atoms with van der Waals surface area (Å²) in [6, 6.07) is 18.4. The first-order valence-electron chi connectivity index (χ1n) is 10.1. The number of fused-ring (bicyclic) bond motifs is 4. The van der Waals surface area contributed by atoms with E-state index in [-0.39, 0.29) is 17.0 Å². The smallest absolute Gasteiger partial charge is 0.217 e. The van der Waals surface area contributed by atoms with E-state index in [1.165, 1.54) is 5.56 Å². The zero-order chi connectivity index (χ0) is 21.5. The molecule has 0 saturated carbocycles. The van der Waals surface area contributed by atoms with E-state index in [0.29, 0.717) is 5.02 Å². The van der Waals surface area contributed by atoms with Crippen LogP contribution in [0.4, 0.5) is 5.69 Å². The Morgan fingerprint density at radius 2 is 1.66 bits per heavy atom. The topological polar surface area (TPSA) is 33.8 Å². The summed E-state index contributed by atoms with van der Waals surface area (Å²) in [4.78, 5) is 5.08. The Bertz CT molecular complexity index is 1250. The van der Waals surface area contributed by atoms with Gasteiger partial charge in [-0.2, -0.15) is 0 Å². The minimum atomic E-state index is 0. The molecule has 5 rings (SSSR count). The number of aliphatic imine (C=N–C) groups is 1. The molecular formula is C25H21Br2ClN2O2. The maximum Gasteiger partial charge on any atom is 0.217 e. The van der Waals surface area contributed by atoms with Crippen LogP contribution in [-0.2, 0) is 6.42 Å². The molecule has 2 aliphatic heterocycles. The summed E-state index contributed by atoms with van der Waals surface area (Å²) in [6.45, 7) is 1.61. The molecule has 0 N–H and O–H groups in total. The molecule has 164 valence electrons. The minimum Gasteiger partial charge on any atom is -1.00 e. The summed E-state index contributed by atoms with van der Waals surface area (Å²) in [5.74, 6) is 1.47. The molecule has 2 aliphatic rings. The van der Waals surface area contributed by atoms with Crippen molar-refractivity contribution in [3.05, 3.63) is 86.3 Å². The third-order valence-electron chi connectivity index (χ3n) is 5.82. The lowest BCUT2D eigenvalue weighted by Gasteiger charge is -2.20. The van der Waals surface area contributed by atoms with Gasteiger partial charge in [0, 0.05) is 21.5 Å². The molecule has 0 aliphatic carbocycles. The number of hydrogen-bond acceptors (Lipinski definition) is 3. The molecule has 0 atom stereocenters. The summed E-state index contributed by atoms with van der Waals surface area (Å²) >= 11 is 9.96. The van der Waals surface area contributed by atoms with Crippen molar-refractivity contribution in [1.82, 2.24) is 0 Å². The molecule has 32 heavy (non-hydrogen) atoms. The van der Waals surface area contributed by atoms with E-state index in [9.17, 15) is 0 Å². The molecule has 0 unspecified atom stereocenters. The number of nitrogens with zero attached hydrogens (tertiary/aromatic N) is 2. The first kappa shape index (κ1) is 23.0. The SMILES string of the molecule is COc1cc2c(cc1OC)C1=[N+](CC2)CC(c2ccc(Br)cc2)=Nc2ccc(Cl)cc21.[Br-]. The van der Waals surface area contributed by atoms with Crippen LogP contribution < -0.4 is 26.5 Å². The molecule has 3 aromatic rings. The lowest BCUT2D eigenvalue weighted by molar-refractivity contribution is -0.512. The van der Waals surface area contributed by atoms with E-state index in [1.807, 2.05) is 18.2 Å². The van der Waals surface area contributed by atoms with Gasteiger partial charge in [-0.3, -0.25) is 0 Å². The van der Waals surface area contributed by atoms with Gasteiger partial charge in [-0.1, -0.05) is 39.7 Å². The zero-order valence-corrected chi connectivity index (χ0v) is 21.6. The van der Waals surface area contributed by atoms with Gasteiger partial charge >= 0.3 is 0 Å². The van der Waals surface area contributed by atoms with Gasteiger partial charge in [0.2, 0.25) is 5.71 Å². The average Bonchev–Trinajstić information content (AvgIpc) is 2.95. The normalized spacial score (nSPS) is 14.3. The highest BCUT2D eigenvalue weighted by atomic mass is 79.9. The van der Waals surface area contributed by atoms with Crippen LogP contribution in [0.15, 0.2) is 64.1 Å². The van der Waals surface area contributed by atoms with Gasteiger partial charge in [0.25, 0.3) is 0 Å². The van der Waals surface area contributed by atoms with Crippen LogP contribution in [0.3, 0.4) is 0 Å². The van der Waals surface area contributed by atoms with Crippen LogP contribution in [0, 0.1) is 0 Å². The van der Waals surface area contributed by atoms with Crippen molar-refractivity contribution in [3.8, 4) is 11.5 Å². The minimum absolute atomic E-state index is 0. The van der Waals surface area contributed by atoms with E-state index in [0.717, 1.165) is 69.3 Å². The van der Waals surface area contributed by atoms with Crippen molar-refractivity contribution in [2.75, 3.05) is 27.3 Å². The monoisotopic (exact) mass is 574 g/mol. The van der Waals surface area contributed by atoms with Gasteiger partial charge < -0.3 is 26.5 Å². The summed E-state index contributed by atoms with van der Waals surface area (Å²) in [7, 11) is 3.34. The van der Waals surface area contributed by atoms with E-state index >= 15 is 0 Å². The lowest BCUT2D eigenvalue weighted by Crippen LogP contribution is -3.00. The first-order valence-corrected chi connectivity index (χ1v) is 11.2. The summed E-state index contributed by atoms with van der Waals surface area (Å²) in [5.41, 5.74) is 7.62. The van der Waals surface area contributed by atoms with Gasteiger partial charge in [-0.15, -0.1) is 0 Å². The lowest BCUT2D eigenvalue weighted by atomic mass is 9.91. The fourth-order valence-corrected chi connectivity index (χ4v) is 4.75. The van der Waals surface area contributed by atoms with Crippen LogP contribution in [0.5, 0.6) is 11.5 Å². The first-order chi connectivity index (χ1) is 15.1. The molecular weight excluding hydrogens is 556 g/mol. The highest BCUT2D eigenvalue weighted by Crippen LogP contribution is 2.37. The standard InChI is InChI=1S/C25H21BrClN2O2.BrH/c1-30-23-11-16-9-10-29-14-22(15-3-5-17(26)6-4-15)28-21-8-7-18(27)12-20(21)25(29)19(16)13-24(23)31-2;/h3-8,11-13H,9-10,14H2,1-2H3;1H/q+1;/p-1. The van der Waals surface area contributed by atoms with Crippen molar-refractivity contribution in [2.45, 2.75) is 6.42 Å². The fraction of sp³-hybridized carbons (Fsp3) is 0.200. The fourth-order valence-electron chi connectivity index (χ4n) is 4.31. The van der Waals surface area contributed by atoms with Crippen LogP contribution in [0.2, 0.25) is 5.02 Å². The average molecular weight is 577 g/mol. The number of hydrogen-bond donors (Lipinski definition) is 0. The van der Waals surface area contributed by atoms with Crippen LogP contribution in [0.1, 0.15) is 22.3 Å². The third-order valence-corrected chi connectivity index (χ3v) is 6.58. The molecule has 4 nitrogen and oxygen atoms in total. The molecule has 2 heterocycles. The van der Waals surface area contributed by atoms with E-state index in [2.05, 4.69) is 56.9 Å². The van der Waals surface area contributed by atoms with Crippen molar-refractivity contribution >= 4 is 44.6 Å². The van der Waals surface area contributed by atoms with Crippen LogP contribution in [-0.4, -0.2) is 43.3 Å². The molecule has 0 amide bonds. The maximum absolute atomic E-state index is 6.44. The quantitative estimate of drug-likeness (QED) is 0.450. The Labute approximate surface area is 211 Å². The van der Waals surface area contributed by atoms with Gasteiger partial charge in [0.15, 0.2) is 18.0 Å². The number of ether oxygens (including phenoxy) is 2. The van der Waals surface area contributed by atoms with Crippen molar-refractivity contribution in [1.29, 1.82) is 0 Å². The highest BCUT2D eigenvalue weighted by molar-refractivity contribution is 9.10. The Morgan fingerprint density at radius 1 is 0.938 bits per heavy atom. The molecule has 0 fully saturated rings. The van der Waals surface area contributed by atoms with Gasteiger partial charge in [-0.25, -0.2) is 9.57 Å². The van der Waals surface area contributed by atoms with E-state index < -0.39 is 0 Å². The molecule has 0 saturated heterocycles. The number of methoxy groups -OCH3 is 2. The van der Waals surface area contributed by atoms with Gasteiger partial charge in [0.05, 0.1) is 31.0 Å². The second-order valence-electron chi connectivity index (χ2n) is 7.61. The van der Waals surface area contributed by atoms with E-state index in [4.69, 9.17) is 26.1 Å². The molecule has 0 radical (unpaired) electrons. The number of benzene rings is 3. The zero-order valence-electron chi connectivity index (χ0n) is 17.7. The Hall–Kier alpha value is -2.15. The summed E-state index contributed by atoms with van der Waals surface area (Å²) in [5, 5.41) is 0.695. The molecule has 3 aromatic carbocycles. The summed E-state index contributed by atoms with van der Waals surface area (Å²) < 4.78 is 14.6. The molecule has 0 spiro atoms. The molecule has 7 heteroatoms. The Balaban J connectivity index is 0.00000245. The van der Waals surface area contributed by atoms with Crippen molar-refractivity contribution < 1.29 is 31.0 Å². The highest BCUT2D eigenvalue weighted by Gasteiger charge is 2.33. The maximum atomic E-state index is 6.44. The number of halogens is 3. The predicted molar refractivity (Wildman–Crippen MR) is 128 cm³/mol. The largest absolute Gasteiger partial charge is 1.00 e. The Morgan fingerprint density at radius 3 is 2.38 bits per heavy atom. The van der Waals surface area contributed by atoms with E-state index in [1.54, 1.807) is 14.2 Å². The third kappa shape index (κ3) is 4.12. The Kier molecular flexibility index (Phi) is 6.75. The van der Waals surface area contributed by atoms with Crippen LogP contribution >= 0.6 is 27.5 Å². The van der Waals surface area contributed by atoms with Gasteiger partial charge in [0.1, 0.15) is 12.3 Å². The number of rotatable bonds is 3. The second-order valence-corrected chi connectivity index (χ2v) is 8.96. The van der Waals surface area contributed by atoms with Gasteiger partial charge in [-0.05, 0) is 48.0 Å². The predicted octanol–water partition coefficient (Wildman–Crippen LogP) is 2.66. The second kappa shape index (κ2) is 9.38. The summed E-state index contributed by atoms with van der Waals surface area (Å²) in [6.07, 6.45) is 0.919.